The molecule has 1 unspecified atom stereocenters. The van der Waals surface area contributed by atoms with E-state index >= 15 is 0 Å². The zero-order chi connectivity index (χ0) is 16.9. The largest absolute Gasteiger partial charge is 0.353 e. The Hall–Kier alpha value is -2.09. The first-order valence-corrected chi connectivity index (χ1v) is 9.77. The molecule has 128 valence electrons. The quantitative estimate of drug-likeness (QED) is 0.696. The van der Waals surface area contributed by atoms with Crippen molar-refractivity contribution < 1.29 is 18.0 Å². The standard InChI is InChI=1S/C16H19N3O4S/c20-15-13(8-17-15)24(22,23)19-16(21)18-14-11-5-1-3-9(11)7-10-4-2-6-12(10)14/h7,13H,1-6,8H2,(H,17,20)(H2,18,19,21). The Balaban J connectivity index is 1.58. The Kier molecular flexibility index (Phi) is 3.52. The Morgan fingerprint density at radius 3 is 2.21 bits per heavy atom. The van der Waals surface area contributed by atoms with Gasteiger partial charge in [0.05, 0.1) is 0 Å². The van der Waals surface area contributed by atoms with Crippen LogP contribution >= 0.6 is 0 Å². The average Bonchev–Trinajstić information content (AvgIpc) is 3.12. The van der Waals surface area contributed by atoms with Crippen molar-refractivity contribution in [2.24, 2.45) is 0 Å². The van der Waals surface area contributed by atoms with Crippen LogP contribution in [-0.4, -0.2) is 32.2 Å². The van der Waals surface area contributed by atoms with Crippen molar-refractivity contribution in [3.63, 3.8) is 0 Å². The van der Waals surface area contributed by atoms with Crippen LogP contribution in [0, 0.1) is 0 Å². The van der Waals surface area contributed by atoms with E-state index in [2.05, 4.69) is 16.7 Å². The van der Waals surface area contributed by atoms with Gasteiger partial charge in [-0.2, -0.15) is 0 Å². The van der Waals surface area contributed by atoms with E-state index in [1.807, 2.05) is 4.72 Å². The molecule has 1 atom stereocenters. The number of hydrogen-bond donors (Lipinski definition) is 3. The van der Waals surface area contributed by atoms with Gasteiger partial charge in [0.15, 0.2) is 5.25 Å². The van der Waals surface area contributed by atoms with Crippen LogP contribution in [0.2, 0.25) is 0 Å². The molecule has 0 radical (unpaired) electrons. The second kappa shape index (κ2) is 5.47. The smallest absolute Gasteiger partial charge is 0.332 e. The maximum atomic E-state index is 12.2. The molecule has 0 bridgehead atoms. The number of aryl methyl sites for hydroxylation is 2. The molecule has 0 aromatic heterocycles. The molecule has 3 N–H and O–H groups in total. The molecule has 7 nitrogen and oxygen atoms in total. The van der Waals surface area contributed by atoms with E-state index in [-0.39, 0.29) is 6.54 Å². The maximum Gasteiger partial charge on any atom is 0.332 e. The third-order valence-corrected chi connectivity index (χ3v) is 6.68. The molecule has 1 heterocycles. The average molecular weight is 349 g/mol. The second-order valence-electron chi connectivity index (χ2n) is 6.57. The number of hydrogen-bond acceptors (Lipinski definition) is 4. The van der Waals surface area contributed by atoms with Crippen LogP contribution in [0.4, 0.5) is 10.5 Å². The number of β-lactam (4-membered cyclic amide) rings is 1. The molecular weight excluding hydrogens is 330 g/mol. The minimum absolute atomic E-state index is 0.0393. The summed E-state index contributed by atoms with van der Waals surface area (Å²) in [5.41, 5.74) is 5.55. The summed E-state index contributed by atoms with van der Waals surface area (Å²) in [5.74, 6) is -0.572. The lowest BCUT2D eigenvalue weighted by Crippen LogP contribution is -2.60. The zero-order valence-electron chi connectivity index (χ0n) is 13.1. The van der Waals surface area contributed by atoms with Crippen LogP contribution in [0.25, 0.3) is 0 Å². The van der Waals surface area contributed by atoms with Gasteiger partial charge in [0, 0.05) is 12.2 Å². The Bertz CT molecular complexity index is 815. The highest BCUT2D eigenvalue weighted by molar-refractivity contribution is 7.91. The van der Waals surface area contributed by atoms with Crippen LogP contribution < -0.4 is 15.4 Å². The SMILES string of the molecule is O=C(Nc1c2c(cc3c1CCC3)CCC2)NS(=O)(=O)C1CNC1=O. The fourth-order valence-electron chi connectivity index (χ4n) is 3.83. The molecule has 4 rings (SSSR count). The van der Waals surface area contributed by atoms with Gasteiger partial charge in [0.25, 0.3) is 0 Å². The van der Waals surface area contributed by atoms with Gasteiger partial charge in [-0.05, 0) is 60.8 Å². The third-order valence-electron chi connectivity index (χ3n) is 5.08. The zero-order valence-corrected chi connectivity index (χ0v) is 14.0. The van der Waals surface area contributed by atoms with Crippen LogP contribution in [0.5, 0.6) is 0 Å². The molecule has 3 amide bonds. The molecule has 0 spiro atoms. The van der Waals surface area contributed by atoms with E-state index in [0.29, 0.717) is 0 Å². The molecule has 1 fully saturated rings. The van der Waals surface area contributed by atoms with Crippen LogP contribution in [0.1, 0.15) is 35.1 Å². The number of amides is 3. The highest BCUT2D eigenvalue weighted by Gasteiger charge is 2.41. The number of sulfonamides is 1. The fraction of sp³-hybridized carbons (Fsp3) is 0.500. The van der Waals surface area contributed by atoms with Gasteiger partial charge in [-0.15, -0.1) is 0 Å². The predicted molar refractivity (Wildman–Crippen MR) is 88.4 cm³/mol. The summed E-state index contributed by atoms with van der Waals surface area (Å²) < 4.78 is 26.1. The topological polar surface area (TPSA) is 104 Å². The monoisotopic (exact) mass is 349 g/mol. The number of carbonyl (C=O) groups is 2. The summed E-state index contributed by atoms with van der Waals surface area (Å²) in [7, 11) is -3.99. The molecule has 2 aliphatic carbocycles. The van der Waals surface area contributed by atoms with Gasteiger partial charge in [-0.1, -0.05) is 6.07 Å². The van der Waals surface area contributed by atoms with E-state index in [1.54, 1.807) is 0 Å². The minimum atomic E-state index is -3.99. The van der Waals surface area contributed by atoms with Gasteiger partial charge < -0.3 is 10.6 Å². The first-order valence-electron chi connectivity index (χ1n) is 8.22. The fourth-order valence-corrected chi connectivity index (χ4v) is 4.95. The maximum absolute atomic E-state index is 12.2. The summed E-state index contributed by atoms with van der Waals surface area (Å²) in [6.45, 7) is 0.0393. The van der Waals surface area contributed by atoms with Gasteiger partial charge in [-0.3, -0.25) is 4.79 Å². The summed E-state index contributed by atoms with van der Waals surface area (Å²) in [6, 6.07) is 1.45. The first kappa shape index (κ1) is 15.4. The van der Waals surface area contributed by atoms with Crippen molar-refractivity contribution in [2.45, 2.75) is 43.8 Å². The van der Waals surface area contributed by atoms with Crippen molar-refractivity contribution in [1.29, 1.82) is 0 Å². The molecule has 24 heavy (non-hydrogen) atoms. The van der Waals surface area contributed by atoms with Gasteiger partial charge in [0.1, 0.15) is 0 Å². The molecule has 1 saturated heterocycles. The summed E-state index contributed by atoms with van der Waals surface area (Å²) in [4.78, 5) is 23.5. The summed E-state index contributed by atoms with van der Waals surface area (Å²) in [5, 5.41) is 3.94. The Labute approximate surface area is 140 Å². The third kappa shape index (κ3) is 2.45. The van der Waals surface area contributed by atoms with Crippen molar-refractivity contribution >= 4 is 27.6 Å². The van der Waals surface area contributed by atoms with Crippen LogP contribution in [0.15, 0.2) is 6.07 Å². The highest BCUT2D eigenvalue weighted by Crippen LogP contribution is 2.38. The number of urea groups is 1. The van der Waals surface area contributed by atoms with Crippen molar-refractivity contribution in [2.75, 3.05) is 11.9 Å². The molecule has 1 aliphatic heterocycles. The molecule has 3 aliphatic rings. The lowest BCUT2D eigenvalue weighted by atomic mass is 9.99. The predicted octanol–water partition coefficient (Wildman–Crippen LogP) is 0.614. The summed E-state index contributed by atoms with van der Waals surface area (Å²) in [6.07, 6.45) is 5.90. The van der Waals surface area contributed by atoms with E-state index in [0.717, 1.165) is 55.3 Å². The number of benzene rings is 1. The van der Waals surface area contributed by atoms with E-state index in [1.165, 1.54) is 11.1 Å². The number of rotatable bonds is 3. The van der Waals surface area contributed by atoms with Crippen LogP contribution in [0.3, 0.4) is 0 Å². The molecule has 1 aromatic carbocycles. The van der Waals surface area contributed by atoms with Crippen molar-refractivity contribution in [3.8, 4) is 0 Å². The molecule has 0 saturated carbocycles. The van der Waals surface area contributed by atoms with Gasteiger partial charge >= 0.3 is 6.03 Å². The normalized spacial score (nSPS) is 21.5. The second-order valence-corrected chi connectivity index (χ2v) is 8.43. The lowest BCUT2D eigenvalue weighted by molar-refractivity contribution is -0.124. The van der Waals surface area contributed by atoms with E-state index < -0.39 is 27.2 Å². The van der Waals surface area contributed by atoms with Crippen LogP contribution in [-0.2, 0) is 40.5 Å². The molecular formula is C16H19N3O4S. The van der Waals surface area contributed by atoms with Crippen molar-refractivity contribution in [1.82, 2.24) is 10.0 Å². The summed E-state index contributed by atoms with van der Waals surface area (Å²) >= 11 is 0. The van der Waals surface area contributed by atoms with Gasteiger partial charge in [-0.25, -0.2) is 17.9 Å². The number of nitrogens with one attached hydrogen (secondary N) is 3. The van der Waals surface area contributed by atoms with Crippen molar-refractivity contribution in [3.05, 3.63) is 28.3 Å². The first-order chi connectivity index (χ1) is 11.5. The Morgan fingerprint density at radius 2 is 1.71 bits per heavy atom. The number of fused-ring (bicyclic) bond motifs is 2. The highest BCUT2D eigenvalue weighted by atomic mass is 32.2. The molecule has 1 aromatic rings. The van der Waals surface area contributed by atoms with E-state index in [9.17, 15) is 18.0 Å². The van der Waals surface area contributed by atoms with Gasteiger partial charge in [0.2, 0.25) is 15.9 Å². The number of anilines is 1. The van der Waals surface area contributed by atoms with E-state index in [4.69, 9.17) is 0 Å². The Morgan fingerprint density at radius 1 is 1.08 bits per heavy atom. The number of carbonyl (C=O) groups excluding carboxylic acids is 2. The lowest BCUT2D eigenvalue weighted by Gasteiger charge is -2.25. The molecule has 8 heteroatoms. The minimum Gasteiger partial charge on any atom is -0.353 e.